The molecule has 0 aliphatic rings. The molecule has 0 N–H and O–H groups in total. The lowest BCUT2D eigenvalue weighted by Crippen LogP contribution is -2.22. The highest BCUT2D eigenvalue weighted by Crippen LogP contribution is 2.23. The van der Waals surface area contributed by atoms with E-state index in [1.807, 2.05) is 48.5 Å². The zero-order valence-electron chi connectivity index (χ0n) is 16.3. The van der Waals surface area contributed by atoms with E-state index in [1.54, 1.807) is 12.3 Å². The summed E-state index contributed by atoms with van der Waals surface area (Å²) < 4.78 is 8.06. The number of fused-ring (bicyclic) bond motifs is 1. The van der Waals surface area contributed by atoms with Crippen LogP contribution in [0.3, 0.4) is 0 Å². The first-order valence-electron chi connectivity index (χ1n) is 9.66. The molecule has 0 saturated heterocycles. The Kier molecular flexibility index (Phi) is 6.16. The molecule has 2 aromatic heterocycles. The Balaban J connectivity index is 1.71. The fraction of sp³-hybridized carbons (Fsp3) is 0.174. The van der Waals surface area contributed by atoms with Crippen molar-refractivity contribution in [2.75, 3.05) is 0 Å². The smallest absolute Gasteiger partial charge is 0.282 e. The van der Waals surface area contributed by atoms with Crippen molar-refractivity contribution in [2.24, 2.45) is 5.10 Å². The molecule has 5 nitrogen and oxygen atoms in total. The molecule has 0 amide bonds. The first kappa shape index (κ1) is 20.6. The van der Waals surface area contributed by atoms with E-state index >= 15 is 0 Å². The Labute approximate surface area is 187 Å². The summed E-state index contributed by atoms with van der Waals surface area (Å²) in [6.07, 6.45) is 4.14. The molecule has 0 fully saturated rings. The predicted molar refractivity (Wildman–Crippen MR) is 124 cm³/mol. The molecular formula is C23H19BrClN3O2. The fourth-order valence-corrected chi connectivity index (χ4v) is 3.60. The molecule has 2 heterocycles. The molecule has 30 heavy (non-hydrogen) atoms. The third-order valence-electron chi connectivity index (χ3n) is 4.69. The van der Waals surface area contributed by atoms with Crippen molar-refractivity contribution in [3.63, 3.8) is 0 Å². The van der Waals surface area contributed by atoms with Gasteiger partial charge in [0.25, 0.3) is 5.56 Å². The lowest BCUT2D eigenvalue weighted by Gasteiger charge is -2.08. The van der Waals surface area contributed by atoms with E-state index in [-0.39, 0.29) is 5.56 Å². The molecular weight excluding hydrogens is 466 g/mol. The second-order valence-electron chi connectivity index (χ2n) is 6.86. The van der Waals surface area contributed by atoms with Crippen LogP contribution >= 0.6 is 27.5 Å². The van der Waals surface area contributed by atoms with Crippen LogP contribution in [-0.4, -0.2) is 15.9 Å². The number of rotatable bonds is 6. The Bertz CT molecular complexity index is 1280. The van der Waals surface area contributed by atoms with Gasteiger partial charge in [0.1, 0.15) is 17.3 Å². The van der Waals surface area contributed by atoms with Gasteiger partial charge in [-0.15, -0.1) is 0 Å². The molecule has 0 radical (unpaired) electrons. The Morgan fingerprint density at radius 2 is 1.97 bits per heavy atom. The van der Waals surface area contributed by atoms with Gasteiger partial charge in [-0.05, 0) is 61.0 Å². The molecule has 7 heteroatoms. The zero-order chi connectivity index (χ0) is 21.1. The Morgan fingerprint density at radius 3 is 2.73 bits per heavy atom. The van der Waals surface area contributed by atoms with E-state index in [0.717, 1.165) is 22.9 Å². The number of halogens is 2. The molecule has 0 atom stereocenters. The third-order valence-corrected chi connectivity index (χ3v) is 5.43. The van der Waals surface area contributed by atoms with Crippen LogP contribution < -0.4 is 5.56 Å². The molecule has 0 bridgehead atoms. The highest BCUT2D eigenvalue weighted by Gasteiger charge is 2.11. The van der Waals surface area contributed by atoms with Crippen LogP contribution in [0.25, 0.3) is 22.2 Å². The molecule has 4 rings (SSSR count). The van der Waals surface area contributed by atoms with E-state index in [0.29, 0.717) is 39.7 Å². The van der Waals surface area contributed by atoms with Crippen LogP contribution in [0.1, 0.15) is 31.4 Å². The summed E-state index contributed by atoms with van der Waals surface area (Å²) >= 11 is 9.36. The minimum atomic E-state index is -0.201. The van der Waals surface area contributed by atoms with Gasteiger partial charge in [0, 0.05) is 21.5 Å². The third kappa shape index (κ3) is 4.40. The lowest BCUT2D eigenvalue weighted by molar-refractivity contribution is 0.573. The van der Waals surface area contributed by atoms with Gasteiger partial charge in [-0.25, -0.2) is 4.98 Å². The van der Waals surface area contributed by atoms with Crippen LogP contribution in [0.15, 0.2) is 73.4 Å². The van der Waals surface area contributed by atoms with Crippen molar-refractivity contribution in [2.45, 2.75) is 26.2 Å². The minimum Gasteiger partial charge on any atom is -0.455 e. The SMILES string of the molecule is CCCCc1nc2ccc(Br)cc2c(=O)n1N=Cc1ccc(-c2ccc(Cl)cc2)o1. The fourth-order valence-electron chi connectivity index (χ4n) is 3.12. The van der Waals surface area contributed by atoms with Gasteiger partial charge in [0.15, 0.2) is 0 Å². The number of hydrogen-bond acceptors (Lipinski definition) is 4. The summed E-state index contributed by atoms with van der Waals surface area (Å²) in [5.41, 5.74) is 1.38. The Morgan fingerprint density at radius 1 is 1.17 bits per heavy atom. The van der Waals surface area contributed by atoms with Crippen molar-refractivity contribution in [3.05, 3.63) is 86.0 Å². The van der Waals surface area contributed by atoms with E-state index in [9.17, 15) is 4.79 Å². The Hall–Kier alpha value is -2.70. The lowest BCUT2D eigenvalue weighted by atomic mass is 10.2. The van der Waals surface area contributed by atoms with E-state index in [4.69, 9.17) is 16.0 Å². The normalized spacial score (nSPS) is 11.6. The summed E-state index contributed by atoms with van der Waals surface area (Å²) in [6, 6.07) is 16.6. The van der Waals surface area contributed by atoms with Gasteiger partial charge >= 0.3 is 0 Å². The summed E-state index contributed by atoms with van der Waals surface area (Å²) in [6.45, 7) is 2.10. The maximum atomic E-state index is 13.1. The van der Waals surface area contributed by atoms with E-state index < -0.39 is 0 Å². The average Bonchev–Trinajstić information content (AvgIpc) is 3.22. The minimum absolute atomic E-state index is 0.201. The maximum Gasteiger partial charge on any atom is 0.282 e. The molecule has 4 aromatic rings. The zero-order valence-corrected chi connectivity index (χ0v) is 18.7. The number of aromatic nitrogens is 2. The summed E-state index contributed by atoms with van der Waals surface area (Å²) in [5.74, 6) is 1.88. The molecule has 0 aliphatic heterocycles. The first-order valence-corrected chi connectivity index (χ1v) is 10.8. The second kappa shape index (κ2) is 8.98. The number of furan rings is 1. The predicted octanol–water partition coefficient (Wildman–Crippen LogP) is 6.30. The standard InChI is InChI=1S/C23H19BrClN3O2/c1-2-3-4-22-27-20-11-7-16(24)13-19(20)23(29)28(22)26-14-18-10-12-21(30-18)15-5-8-17(25)9-6-15/h5-14H,2-4H2,1H3. The van der Waals surface area contributed by atoms with Crippen molar-refractivity contribution in [1.29, 1.82) is 0 Å². The monoisotopic (exact) mass is 483 g/mol. The van der Waals surface area contributed by atoms with Gasteiger partial charge in [-0.1, -0.05) is 40.9 Å². The largest absolute Gasteiger partial charge is 0.455 e. The summed E-state index contributed by atoms with van der Waals surface area (Å²) in [5, 5.41) is 5.60. The van der Waals surface area contributed by atoms with Crippen molar-refractivity contribution in [1.82, 2.24) is 9.66 Å². The molecule has 0 spiro atoms. The highest BCUT2D eigenvalue weighted by molar-refractivity contribution is 9.10. The molecule has 2 aromatic carbocycles. The first-order chi connectivity index (χ1) is 14.5. The van der Waals surface area contributed by atoms with Gasteiger partial charge in [-0.3, -0.25) is 4.79 Å². The van der Waals surface area contributed by atoms with Gasteiger partial charge in [-0.2, -0.15) is 9.78 Å². The highest BCUT2D eigenvalue weighted by atomic mass is 79.9. The molecule has 152 valence electrons. The average molecular weight is 485 g/mol. The summed E-state index contributed by atoms with van der Waals surface area (Å²) in [4.78, 5) is 17.8. The molecule has 0 unspecified atom stereocenters. The van der Waals surface area contributed by atoms with Crippen LogP contribution in [-0.2, 0) is 6.42 Å². The number of benzene rings is 2. The van der Waals surface area contributed by atoms with Crippen LogP contribution in [0.4, 0.5) is 0 Å². The number of nitrogens with zero attached hydrogens (tertiary/aromatic N) is 3. The maximum absolute atomic E-state index is 13.1. The van der Waals surface area contributed by atoms with Crippen molar-refractivity contribution < 1.29 is 4.42 Å². The summed E-state index contributed by atoms with van der Waals surface area (Å²) in [7, 11) is 0. The van der Waals surface area contributed by atoms with Crippen molar-refractivity contribution >= 4 is 44.6 Å². The second-order valence-corrected chi connectivity index (χ2v) is 8.22. The molecule has 0 saturated carbocycles. The van der Waals surface area contributed by atoms with Gasteiger partial charge in [0.05, 0.1) is 17.1 Å². The number of hydrogen-bond donors (Lipinski definition) is 0. The van der Waals surface area contributed by atoms with Crippen LogP contribution in [0.5, 0.6) is 0 Å². The number of aryl methyl sites for hydroxylation is 1. The van der Waals surface area contributed by atoms with Gasteiger partial charge in [0.2, 0.25) is 0 Å². The van der Waals surface area contributed by atoms with Crippen LogP contribution in [0, 0.1) is 0 Å². The number of unbranched alkanes of at least 4 members (excludes halogenated alkanes) is 1. The topological polar surface area (TPSA) is 60.4 Å². The van der Waals surface area contributed by atoms with Crippen molar-refractivity contribution in [3.8, 4) is 11.3 Å². The van der Waals surface area contributed by atoms with Gasteiger partial charge < -0.3 is 4.42 Å². The van der Waals surface area contributed by atoms with E-state index in [2.05, 4.69) is 32.9 Å². The quantitative estimate of drug-likeness (QED) is 0.302. The molecule has 0 aliphatic carbocycles. The van der Waals surface area contributed by atoms with Crippen LogP contribution in [0.2, 0.25) is 5.02 Å². The van der Waals surface area contributed by atoms with E-state index in [1.165, 1.54) is 4.68 Å².